The van der Waals surface area contributed by atoms with Gasteiger partial charge >= 0.3 is 0 Å². The third-order valence-electron chi connectivity index (χ3n) is 2.47. The molecule has 0 aromatic heterocycles. The fraction of sp³-hybridized carbons (Fsp3) is 0.385. The van der Waals surface area contributed by atoms with Crippen LogP contribution in [0.25, 0.3) is 0 Å². The van der Waals surface area contributed by atoms with Crippen LogP contribution in [0.15, 0.2) is 24.3 Å². The SMILES string of the molecule is NC(=O)Cc1ccccc1NC(=O)CCCCO. The first-order valence-corrected chi connectivity index (χ1v) is 5.90. The number of unbranched alkanes of at least 4 members (excludes halogenated alkanes) is 1. The highest BCUT2D eigenvalue weighted by molar-refractivity contribution is 5.92. The number of amides is 2. The van der Waals surface area contributed by atoms with Crippen molar-refractivity contribution < 1.29 is 14.7 Å². The molecular formula is C13H18N2O3. The van der Waals surface area contributed by atoms with Gasteiger partial charge in [0.2, 0.25) is 11.8 Å². The Morgan fingerprint density at radius 3 is 2.61 bits per heavy atom. The minimum Gasteiger partial charge on any atom is -0.396 e. The fourth-order valence-corrected chi connectivity index (χ4v) is 1.59. The normalized spacial score (nSPS) is 10.1. The molecule has 0 aliphatic heterocycles. The van der Waals surface area contributed by atoms with Crippen LogP contribution in [-0.2, 0) is 16.0 Å². The summed E-state index contributed by atoms with van der Waals surface area (Å²) in [7, 11) is 0. The van der Waals surface area contributed by atoms with E-state index in [1.54, 1.807) is 24.3 Å². The zero-order chi connectivity index (χ0) is 13.4. The van der Waals surface area contributed by atoms with Gasteiger partial charge < -0.3 is 16.2 Å². The molecule has 2 amide bonds. The van der Waals surface area contributed by atoms with E-state index in [1.165, 1.54) is 0 Å². The van der Waals surface area contributed by atoms with Crippen LogP contribution in [0.4, 0.5) is 5.69 Å². The van der Waals surface area contributed by atoms with E-state index in [9.17, 15) is 9.59 Å². The van der Waals surface area contributed by atoms with Crippen molar-refractivity contribution in [2.75, 3.05) is 11.9 Å². The summed E-state index contributed by atoms with van der Waals surface area (Å²) in [6.07, 6.45) is 1.70. The largest absolute Gasteiger partial charge is 0.396 e. The molecule has 1 rings (SSSR count). The van der Waals surface area contributed by atoms with E-state index in [4.69, 9.17) is 10.8 Å². The molecule has 1 aromatic rings. The summed E-state index contributed by atoms with van der Waals surface area (Å²) in [6, 6.07) is 7.07. The second-order valence-corrected chi connectivity index (χ2v) is 4.03. The van der Waals surface area contributed by atoms with Gasteiger partial charge in [0.1, 0.15) is 0 Å². The van der Waals surface area contributed by atoms with E-state index in [-0.39, 0.29) is 18.9 Å². The number of nitrogens with one attached hydrogen (secondary N) is 1. The van der Waals surface area contributed by atoms with Crippen LogP contribution in [0.5, 0.6) is 0 Å². The highest BCUT2D eigenvalue weighted by atomic mass is 16.3. The fourth-order valence-electron chi connectivity index (χ4n) is 1.59. The van der Waals surface area contributed by atoms with Gasteiger partial charge in [-0.3, -0.25) is 9.59 Å². The molecule has 0 unspecified atom stereocenters. The van der Waals surface area contributed by atoms with E-state index in [0.29, 0.717) is 30.5 Å². The third kappa shape index (κ3) is 4.97. The van der Waals surface area contributed by atoms with Crippen molar-refractivity contribution in [1.82, 2.24) is 0 Å². The number of benzene rings is 1. The molecule has 0 aliphatic carbocycles. The molecular weight excluding hydrogens is 232 g/mol. The molecule has 5 heteroatoms. The van der Waals surface area contributed by atoms with Crippen molar-refractivity contribution in [3.8, 4) is 0 Å². The van der Waals surface area contributed by atoms with Gasteiger partial charge in [0.25, 0.3) is 0 Å². The summed E-state index contributed by atoms with van der Waals surface area (Å²) in [6.45, 7) is 0.0888. The van der Waals surface area contributed by atoms with Crippen molar-refractivity contribution >= 4 is 17.5 Å². The molecule has 5 nitrogen and oxygen atoms in total. The summed E-state index contributed by atoms with van der Waals surface area (Å²) >= 11 is 0. The molecule has 98 valence electrons. The number of nitrogens with two attached hydrogens (primary N) is 1. The van der Waals surface area contributed by atoms with Gasteiger partial charge in [-0.25, -0.2) is 0 Å². The lowest BCUT2D eigenvalue weighted by Crippen LogP contribution is -2.17. The van der Waals surface area contributed by atoms with Crippen LogP contribution in [0.3, 0.4) is 0 Å². The molecule has 0 radical (unpaired) electrons. The Hall–Kier alpha value is -1.88. The molecule has 0 atom stereocenters. The number of aliphatic hydroxyl groups excluding tert-OH is 1. The van der Waals surface area contributed by atoms with Crippen LogP contribution < -0.4 is 11.1 Å². The van der Waals surface area contributed by atoms with E-state index in [0.717, 1.165) is 0 Å². The van der Waals surface area contributed by atoms with E-state index in [1.807, 2.05) is 0 Å². The standard InChI is InChI=1S/C13H18N2O3/c14-12(17)9-10-5-1-2-6-11(10)15-13(18)7-3-4-8-16/h1-2,5-6,16H,3-4,7-9H2,(H2,14,17)(H,15,18). The summed E-state index contributed by atoms with van der Waals surface area (Å²) < 4.78 is 0. The van der Waals surface area contributed by atoms with Crippen LogP contribution in [0, 0.1) is 0 Å². The summed E-state index contributed by atoms with van der Waals surface area (Å²) in [5.74, 6) is -0.558. The monoisotopic (exact) mass is 250 g/mol. The Labute approximate surface area is 106 Å². The van der Waals surface area contributed by atoms with Gasteiger partial charge in [0.15, 0.2) is 0 Å². The Kier molecular flexibility index (Phi) is 5.87. The molecule has 0 spiro atoms. The molecule has 0 saturated carbocycles. The highest BCUT2D eigenvalue weighted by Gasteiger charge is 2.08. The van der Waals surface area contributed by atoms with Crippen LogP contribution in [0.2, 0.25) is 0 Å². The minimum atomic E-state index is -0.433. The zero-order valence-corrected chi connectivity index (χ0v) is 10.2. The number of hydrogen-bond acceptors (Lipinski definition) is 3. The molecule has 0 saturated heterocycles. The second kappa shape index (κ2) is 7.45. The van der Waals surface area contributed by atoms with Crippen molar-refractivity contribution in [3.05, 3.63) is 29.8 Å². The van der Waals surface area contributed by atoms with Crippen LogP contribution in [0.1, 0.15) is 24.8 Å². The lowest BCUT2D eigenvalue weighted by atomic mass is 10.1. The quantitative estimate of drug-likeness (QED) is 0.625. The number of carbonyl (C=O) groups excluding carboxylic acids is 2. The number of para-hydroxylation sites is 1. The number of anilines is 1. The molecule has 0 bridgehead atoms. The first-order chi connectivity index (χ1) is 8.63. The van der Waals surface area contributed by atoms with E-state index < -0.39 is 5.91 Å². The van der Waals surface area contributed by atoms with Gasteiger partial charge in [-0.2, -0.15) is 0 Å². The Bertz CT molecular complexity index is 418. The van der Waals surface area contributed by atoms with E-state index in [2.05, 4.69) is 5.32 Å². The second-order valence-electron chi connectivity index (χ2n) is 4.03. The number of rotatable bonds is 7. The maximum absolute atomic E-state index is 11.6. The number of hydrogen-bond donors (Lipinski definition) is 3. The number of primary amides is 1. The van der Waals surface area contributed by atoms with Crippen LogP contribution in [-0.4, -0.2) is 23.5 Å². The Morgan fingerprint density at radius 1 is 1.22 bits per heavy atom. The maximum atomic E-state index is 11.6. The molecule has 1 aromatic carbocycles. The average Bonchev–Trinajstić information content (AvgIpc) is 2.31. The third-order valence-corrected chi connectivity index (χ3v) is 2.47. The molecule has 0 heterocycles. The summed E-state index contributed by atoms with van der Waals surface area (Å²) in [5, 5.41) is 11.4. The molecule has 4 N–H and O–H groups in total. The Balaban J connectivity index is 2.60. The summed E-state index contributed by atoms with van der Waals surface area (Å²) in [5.41, 5.74) is 6.47. The van der Waals surface area contributed by atoms with Gasteiger partial charge in [0.05, 0.1) is 6.42 Å². The lowest BCUT2D eigenvalue weighted by molar-refractivity contribution is -0.118. The predicted octanol–water partition coefficient (Wildman–Crippen LogP) is 0.815. The lowest BCUT2D eigenvalue weighted by Gasteiger charge is -2.09. The molecule has 18 heavy (non-hydrogen) atoms. The predicted molar refractivity (Wildman–Crippen MR) is 68.9 cm³/mol. The number of carbonyl (C=O) groups is 2. The van der Waals surface area contributed by atoms with Gasteiger partial charge in [0, 0.05) is 18.7 Å². The zero-order valence-electron chi connectivity index (χ0n) is 10.2. The molecule has 0 aliphatic rings. The minimum absolute atomic E-state index is 0.0888. The smallest absolute Gasteiger partial charge is 0.224 e. The summed E-state index contributed by atoms with van der Waals surface area (Å²) in [4.78, 5) is 22.5. The maximum Gasteiger partial charge on any atom is 0.224 e. The van der Waals surface area contributed by atoms with Crippen molar-refractivity contribution in [3.63, 3.8) is 0 Å². The van der Waals surface area contributed by atoms with Gasteiger partial charge in [-0.15, -0.1) is 0 Å². The first-order valence-electron chi connectivity index (χ1n) is 5.90. The van der Waals surface area contributed by atoms with Crippen LogP contribution >= 0.6 is 0 Å². The van der Waals surface area contributed by atoms with Crippen molar-refractivity contribution in [1.29, 1.82) is 0 Å². The highest BCUT2D eigenvalue weighted by Crippen LogP contribution is 2.16. The topological polar surface area (TPSA) is 92.4 Å². The Morgan fingerprint density at radius 2 is 1.94 bits per heavy atom. The first kappa shape index (κ1) is 14.2. The van der Waals surface area contributed by atoms with E-state index >= 15 is 0 Å². The number of aliphatic hydroxyl groups is 1. The van der Waals surface area contributed by atoms with Gasteiger partial charge in [-0.05, 0) is 24.5 Å². The average molecular weight is 250 g/mol. The van der Waals surface area contributed by atoms with Crippen molar-refractivity contribution in [2.45, 2.75) is 25.7 Å². The van der Waals surface area contributed by atoms with Crippen molar-refractivity contribution in [2.24, 2.45) is 5.73 Å². The molecule has 0 fully saturated rings. The van der Waals surface area contributed by atoms with Gasteiger partial charge in [-0.1, -0.05) is 18.2 Å².